The molecule has 4 nitrogen and oxygen atoms in total. The van der Waals surface area contributed by atoms with E-state index >= 15 is 0 Å². The molecule has 2 aliphatic rings. The monoisotopic (exact) mass is 454 g/mol. The summed E-state index contributed by atoms with van der Waals surface area (Å²) in [5.74, 6) is -9.54. The minimum atomic E-state index is -4.07. The van der Waals surface area contributed by atoms with Gasteiger partial charge in [-0.25, -0.2) is 4.52 Å². The van der Waals surface area contributed by atoms with E-state index in [-0.39, 0.29) is 12.2 Å². The Morgan fingerprint density at radius 2 is 1.97 bits per heavy atom. The van der Waals surface area contributed by atoms with Crippen molar-refractivity contribution in [2.45, 2.75) is 95.0 Å². The molecule has 0 aliphatic heterocycles. The third-order valence-electron chi connectivity index (χ3n) is 7.07. The first-order valence-corrected chi connectivity index (χ1v) is 11.4. The van der Waals surface area contributed by atoms with Crippen LogP contribution in [-0.4, -0.2) is 32.3 Å². The number of halogens is 4. The molecule has 176 valence electrons. The Balaban J connectivity index is 1.37. The number of nitrogens with zero attached hydrogens (tertiary/aromatic N) is 2. The lowest BCUT2D eigenvalue weighted by Gasteiger charge is -2.43. The highest BCUT2D eigenvalue weighted by molar-refractivity contribution is 5.78. The maximum Gasteiger partial charge on any atom is 0.313 e. The van der Waals surface area contributed by atoms with Crippen LogP contribution in [0.15, 0.2) is 18.3 Å². The fourth-order valence-corrected chi connectivity index (χ4v) is 4.75. The van der Waals surface area contributed by atoms with Gasteiger partial charge in [-0.05, 0) is 69.6 Å². The van der Waals surface area contributed by atoms with Gasteiger partial charge in [0.2, 0.25) is 0 Å². The molecule has 8 heteroatoms. The van der Waals surface area contributed by atoms with Gasteiger partial charge in [0.15, 0.2) is 0 Å². The molecule has 2 aromatic heterocycles. The van der Waals surface area contributed by atoms with Crippen LogP contribution in [0.25, 0.3) is 5.52 Å². The van der Waals surface area contributed by atoms with E-state index < -0.39 is 36.2 Å². The van der Waals surface area contributed by atoms with Crippen LogP contribution >= 0.6 is 0 Å². The van der Waals surface area contributed by atoms with E-state index in [2.05, 4.69) is 0 Å². The predicted octanol–water partition coefficient (Wildman–Crippen LogP) is 5.79. The van der Waals surface area contributed by atoms with Gasteiger partial charge in [0.25, 0.3) is 0 Å². The Hall–Kier alpha value is -1.96. The lowest BCUT2D eigenvalue weighted by molar-refractivity contribution is -0.313. The van der Waals surface area contributed by atoms with Crippen molar-refractivity contribution in [3.05, 3.63) is 35.2 Å². The molecule has 0 saturated heterocycles. The molecule has 2 aliphatic carbocycles. The van der Waals surface area contributed by atoms with Gasteiger partial charge >= 0.3 is 11.8 Å². The molecule has 0 radical (unpaired) electrons. The summed E-state index contributed by atoms with van der Waals surface area (Å²) in [6.07, 6.45) is 5.79. The number of aryl methyl sites for hydroxylation is 1. The normalized spacial score (nSPS) is 22.5. The van der Waals surface area contributed by atoms with Gasteiger partial charge in [0.1, 0.15) is 5.78 Å². The van der Waals surface area contributed by atoms with Crippen LogP contribution < -0.4 is 0 Å². The van der Waals surface area contributed by atoms with Crippen LogP contribution in [0.3, 0.4) is 0 Å². The van der Waals surface area contributed by atoms with Crippen molar-refractivity contribution in [3.8, 4) is 0 Å². The summed E-state index contributed by atoms with van der Waals surface area (Å²) in [7, 11) is 0. The summed E-state index contributed by atoms with van der Waals surface area (Å²) in [6.45, 7) is 3.49. The molecule has 0 spiro atoms. The molecular weight excluding hydrogens is 424 g/mol. The Bertz CT molecular complexity index is 1010. The number of aromatic nitrogens is 2. The van der Waals surface area contributed by atoms with Crippen molar-refractivity contribution < 1.29 is 27.5 Å². The number of hydrogen-bond donors (Lipinski definition) is 1. The molecular formula is C24H30F4N2O2. The number of fused-ring (bicyclic) bond motifs is 1. The zero-order valence-electron chi connectivity index (χ0n) is 18.5. The van der Waals surface area contributed by atoms with Crippen LogP contribution in [0.5, 0.6) is 0 Å². The van der Waals surface area contributed by atoms with Gasteiger partial charge in [-0.15, -0.1) is 0 Å². The summed E-state index contributed by atoms with van der Waals surface area (Å²) in [5.41, 5.74) is 3.03. The molecule has 2 saturated carbocycles. The maximum atomic E-state index is 13.4. The maximum absolute atomic E-state index is 13.4. The fraction of sp³-hybridized carbons (Fsp3) is 0.667. The lowest BCUT2D eigenvalue weighted by Crippen LogP contribution is -2.59. The van der Waals surface area contributed by atoms with Crippen LogP contribution in [0.4, 0.5) is 17.6 Å². The summed E-state index contributed by atoms with van der Waals surface area (Å²) < 4.78 is 54.5. The number of ketones is 1. The van der Waals surface area contributed by atoms with E-state index in [9.17, 15) is 27.5 Å². The van der Waals surface area contributed by atoms with E-state index in [4.69, 9.17) is 5.10 Å². The molecule has 0 amide bonds. The quantitative estimate of drug-likeness (QED) is 0.385. The summed E-state index contributed by atoms with van der Waals surface area (Å²) in [6, 6.07) is 3.84. The number of unbranched alkanes of at least 4 members (excludes halogenated alkanes) is 1. The van der Waals surface area contributed by atoms with Crippen molar-refractivity contribution in [2.24, 2.45) is 5.92 Å². The largest absolute Gasteiger partial charge is 0.386 e. The number of carbonyl (C=O) groups is 1. The van der Waals surface area contributed by atoms with Gasteiger partial charge in [0, 0.05) is 36.9 Å². The third kappa shape index (κ3) is 4.18. The van der Waals surface area contributed by atoms with Gasteiger partial charge in [-0.1, -0.05) is 6.42 Å². The SMILES string of the molecule is CC(C)(O)c1ccn2nc(CCCCC(=O)C[C@@H]3CC(F)(F)C3(F)F)c(C3CCC3)c2c1. The highest BCUT2D eigenvalue weighted by atomic mass is 19.3. The van der Waals surface area contributed by atoms with E-state index in [0.29, 0.717) is 25.2 Å². The van der Waals surface area contributed by atoms with Crippen LogP contribution in [-0.2, 0) is 16.8 Å². The van der Waals surface area contributed by atoms with Gasteiger partial charge in [-0.3, -0.25) is 4.79 Å². The summed E-state index contributed by atoms with van der Waals surface area (Å²) in [4.78, 5) is 12.0. The van der Waals surface area contributed by atoms with E-state index in [1.807, 2.05) is 22.8 Å². The number of rotatable bonds is 9. The second-order valence-electron chi connectivity index (χ2n) is 9.97. The number of pyridine rings is 1. The van der Waals surface area contributed by atoms with Crippen LogP contribution in [0, 0.1) is 5.92 Å². The van der Waals surface area contributed by atoms with Crippen LogP contribution in [0.2, 0.25) is 0 Å². The number of carbonyl (C=O) groups excluding carboxylic acids is 1. The first kappa shape index (κ1) is 23.2. The molecule has 4 rings (SSSR count). The number of alkyl halides is 4. The number of hydrogen-bond acceptors (Lipinski definition) is 3. The van der Waals surface area contributed by atoms with Gasteiger partial charge < -0.3 is 5.11 Å². The Morgan fingerprint density at radius 3 is 2.53 bits per heavy atom. The minimum absolute atomic E-state index is 0.118. The topological polar surface area (TPSA) is 54.6 Å². The molecule has 1 atom stereocenters. The zero-order valence-corrected chi connectivity index (χ0v) is 18.5. The molecule has 0 aromatic carbocycles. The summed E-state index contributed by atoms with van der Waals surface area (Å²) in [5, 5.41) is 15.1. The predicted molar refractivity (Wildman–Crippen MR) is 112 cm³/mol. The second-order valence-corrected chi connectivity index (χ2v) is 9.97. The molecule has 0 unspecified atom stereocenters. The fourth-order valence-electron chi connectivity index (χ4n) is 4.75. The van der Waals surface area contributed by atoms with E-state index in [0.717, 1.165) is 29.6 Å². The zero-order chi connectivity index (χ0) is 23.3. The Kier molecular flexibility index (Phi) is 5.89. The van der Waals surface area contributed by atoms with E-state index in [1.165, 1.54) is 12.0 Å². The van der Waals surface area contributed by atoms with Crippen molar-refractivity contribution in [2.75, 3.05) is 0 Å². The van der Waals surface area contributed by atoms with Crippen molar-refractivity contribution in [1.82, 2.24) is 9.61 Å². The molecule has 2 aromatic rings. The molecule has 1 N–H and O–H groups in total. The van der Waals surface area contributed by atoms with Gasteiger partial charge in [0.05, 0.1) is 16.8 Å². The second kappa shape index (κ2) is 8.12. The Morgan fingerprint density at radius 1 is 1.25 bits per heavy atom. The van der Waals surface area contributed by atoms with E-state index in [1.54, 1.807) is 13.8 Å². The lowest BCUT2D eigenvalue weighted by atomic mass is 9.73. The van der Waals surface area contributed by atoms with Crippen molar-refractivity contribution >= 4 is 11.3 Å². The smallest absolute Gasteiger partial charge is 0.313 e. The molecule has 32 heavy (non-hydrogen) atoms. The highest BCUT2D eigenvalue weighted by Gasteiger charge is 2.71. The number of Topliss-reactive ketones (excluding diaryl/α,β-unsaturated/α-hetero) is 1. The average Bonchev–Trinajstić information content (AvgIpc) is 3.00. The molecule has 2 fully saturated rings. The van der Waals surface area contributed by atoms with Crippen LogP contribution in [0.1, 0.15) is 88.0 Å². The summed E-state index contributed by atoms with van der Waals surface area (Å²) >= 11 is 0. The molecule has 2 heterocycles. The highest BCUT2D eigenvalue weighted by Crippen LogP contribution is 2.56. The first-order chi connectivity index (χ1) is 14.9. The average molecular weight is 455 g/mol. The van der Waals surface area contributed by atoms with Crippen molar-refractivity contribution in [3.63, 3.8) is 0 Å². The minimum Gasteiger partial charge on any atom is -0.386 e. The Labute approximate surface area is 185 Å². The third-order valence-corrected chi connectivity index (χ3v) is 7.07. The first-order valence-electron chi connectivity index (χ1n) is 11.4. The standard InChI is InChI=1S/C24H30F4N2O2/c1-22(2,32)16-10-11-30-20(13-16)21(15-6-5-7-15)19(29-30)9-4-3-8-18(31)12-17-14-23(25,26)24(17,27)28/h10-11,13,15,17,32H,3-9,12,14H2,1-2H3/t17-/m1/s1. The molecule has 0 bridgehead atoms. The number of aliphatic hydroxyl groups is 1. The van der Waals surface area contributed by atoms with Gasteiger partial charge in [-0.2, -0.15) is 22.7 Å². The van der Waals surface area contributed by atoms with Crippen molar-refractivity contribution in [1.29, 1.82) is 0 Å².